The molecular weight excluding hydrogens is 272 g/mol. The molecule has 3 nitrogen and oxygen atoms in total. The summed E-state index contributed by atoms with van der Waals surface area (Å²) in [6.07, 6.45) is 3.14. The SMILES string of the molecule is CN(CCc1c[nH]c2ccccc12)Cc1cccc(CO)c1. The summed E-state index contributed by atoms with van der Waals surface area (Å²) in [4.78, 5) is 5.65. The number of benzene rings is 2. The van der Waals surface area contributed by atoms with E-state index >= 15 is 0 Å². The van der Waals surface area contributed by atoms with Crippen LogP contribution in [0.4, 0.5) is 0 Å². The predicted octanol–water partition coefficient (Wildman–Crippen LogP) is 3.33. The van der Waals surface area contributed by atoms with Gasteiger partial charge in [0.25, 0.3) is 0 Å². The average Bonchev–Trinajstić information content (AvgIpc) is 2.96. The molecule has 0 aliphatic heterocycles. The van der Waals surface area contributed by atoms with Gasteiger partial charge in [-0.2, -0.15) is 0 Å². The van der Waals surface area contributed by atoms with Crippen molar-refractivity contribution in [2.24, 2.45) is 0 Å². The highest BCUT2D eigenvalue weighted by molar-refractivity contribution is 5.83. The van der Waals surface area contributed by atoms with Crippen molar-refractivity contribution in [1.82, 2.24) is 9.88 Å². The fraction of sp³-hybridized carbons (Fsp3) is 0.263. The molecule has 0 unspecified atom stereocenters. The number of likely N-dealkylation sites (N-methyl/N-ethyl adjacent to an activating group) is 1. The lowest BCUT2D eigenvalue weighted by Gasteiger charge is -2.17. The normalized spacial score (nSPS) is 11.4. The first kappa shape index (κ1) is 14.8. The lowest BCUT2D eigenvalue weighted by atomic mass is 10.1. The molecule has 3 rings (SSSR count). The molecule has 1 heterocycles. The van der Waals surface area contributed by atoms with Gasteiger partial charge in [0, 0.05) is 30.2 Å². The third-order valence-electron chi connectivity index (χ3n) is 4.06. The maximum absolute atomic E-state index is 9.21. The Balaban J connectivity index is 1.61. The minimum atomic E-state index is 0.104. The summed E-state index contributed by atoms with van der Waals surface area (Å²) in [5, 5.41) is 10.5. The van der Waals surface area contributed by atoms with E-state index in [1.165, 1.54) is 22.0 Å². The Morgan fingerprint density at radius 2 is 1.86 bits per heavy atom. The fourth-order valence-electron chi connectivity index (χ4n) is 2.87. The number of aliphatic hydroxyl groups excluding tert-OH is 1. The molecule has 0 saturated heterocycles. The van der Waals surface area contributed by atoms with Crippen molar-refractivity contribution in [2.45, 2.75) is 19.6 Å². The van der Waals surface area contributed by atoms with Crippen LogP contribution in [-0.2, 0) is 19.6 Å². The number of nitrogens with one attached hydrogen (secondary N) is 1. The summed E-state index contributed by atoms with van der Waals surface area (Å²) in [5.41, 5.74) is 4.79. The number of aliphatic hydroxyl groups is 1. The minimum absolute atomic E-state index is 0.104. The maximum atomic E-state index is 9.21. The van der Waals surface area contributed by atoms with Gasteiger partial charge in [0.2, 0.25) is 0 Å². The van der Waals surface area contributed by atoms with E-state index in [2.05, 4.69) is 59.5 Å². The van der Waals surface area contributed by atoms with E-state index in [4.69, 9.17) is 0 Å². The monoisotopic (exact) mass is 294 g/mol. The van der Waals surface area contributed by atoms with Gasteiger partial charge in [-0.1, -0.05) is 42.5 Å². The number of H-pyrrole nitrogens is 1. The van der Waals surface area contributed by atoms with Crippen LogP contribution in [0, 0.1) is 0 Å². The Hall–Kier alpha value is -2.10. The Morgan fingerprint density at radius 3 is 2.73 bits per heavy atom. The van der Waals surface area contributed by atoms with E-state index in [0.717, 1.165) is 25.1 Å². The smallest absolute Gasteiger partial charge is 0.0681 e. The van der Waals surface area contributed by atoms with Gasteiger partial charge in [-0.05, 0) is 36.2 Å². The van der Waals surface area contributed by atoms with Crippen molar-refractivity contribution < 1.29 is 5.11 Å². The zero-order valence-electron chi connectivity index (χ0n) is 12.9. The van der Waals surface area contributed by atoms with Crippen LogP contribution in [0.2, 0.25) is 0 Å². The molecular formula is C19H22N2O. The second kappa shape index (κ2) is 6.77. The van der Waals surface area contributed by atoms with Crippen molar-refractivity contribution in [3.8, 4) is 0 Å². The van der Waals surface area contributed by atoms with E-state index in [1.54, 1.807) is 0 Å². The molecule has 22 heavy (non-hydrogen) atoms. The van der Waals surface area contributed by atoms with Crippen LogP contribution in [0.25, 0.3) is 10.9 Å². The third-order valence-corrected chi connectivity index (χ3v) is 4.06. The lowest BCUT2D eigenvalue weighted by molar-refractivity contribution is 0.281. The predicted molar refractivity (Wildman–Crippen MR) is 90.7 cm³/mol. The van der Waals surface area contributed by atoms with Crippen LogP contribution in [0.5, 0.6) is 0 Å². The van der Waals surface area contributed by atoms with Gasteiger partial charge in [-0.3, -0.25) is 0 Å². The van der Waals surface area contributed by atoms with Crippen molar-refractivity contribution in [1.29, 1.82) is 0 Å². The standard InChI is InChI=1S/C19H22N2O/c1-21(13-15-5-4-6-16(11-15)14-22)10-9-17-12-20-19-8-3-2-7-18(17)19/h2-8,11-12,20,22H,9-10,13-14H2,1H3. The molecule has 0 amide bonds. The van der Waals surface area contributed by atoms with E-state index in [9.17, 15) is 5.11 Å². The first-order chi connectivity index (χ1) is 10.8. The quantitative estimate of drug-likeness (QED) is 0.732. The molecule has 0 saturated carbocycles. The summed E-state index contributed by atoms with van der Waals surface area (Å²) in [7, 11) is 2.14. The van der Waals surface area contributed by atoms with E-state index in [-0.39, 0.29) is 6.61 Å². The van der Waals surface area contributed by atoms with Crippen molar-refractivity contribution in [3.05, 3.63) is 71.4 Å². The Bertz CT molecular complexity index is 748. The number of aromatic nitrogens is 1. The van der Waals surface area contributed by atoms with Crippen LogP contribution in [0.1, 0.15) is 16.7 Å². The van der Waals surface area contributed by atoms with Crippen molar-refractivity contribution in [3.63, 3.8) is 0 Å². The highest BCUT2D eigenvalue weighted by atomic mass is 16.3. The van der Waals surface area contributed by atoms with E-state index in [0.29, 0.717) is 0 Å². The highest BCUT2D eigenvalue weighted by Gasteiger charge is 2.06. The number of hydrogen-bond donors (Lipinski definition) is 2. The number of rotatable bonds is 6. The van der Waals surface area contributed by atoms with Crippen molar-refractivity contribution >= 4 is 10.9 Å². The zero-order valence-corrected chi connectivity index (χ0v) is 12.9. The van der Waals surface area contributed by atoms with Crippen LogP contribution in [0.3, 0.4) is 0 Å². The number of aromatic amines is 1. The van der Waals surface area contributed by atoms with Gasteiger partial charge in [-0.25, -0.2) is 0 Å². The van der Waals surface area contributed by atoms with Gasteiger partial charge in [0.1, 0.15) is 0 Å². The van der Waals surface area contributed by atoms with Crippen molar-refractivity contribution in [2.75, 3.05) is 13.6 Å². The van der Waals surface area contributed by atoms with Crippen LogP contribution in [-0.4, -0.2) is 28.6 Å². The first-order valence-corrected chi connectivity index (χ1v) is 7.68. The lowest BCUT2D eigenvalue weighted by Crippen LogP contribution is -2.20. The summed E-state index contributed by atoms with van der Waals surface area (Å²) < 4.78 is 0. The molecule has 3 aromatic rings. The van der Waals surface area contributed by atoms with Crippen LogP contribution >= 0.6 is 0 Å². The largest absolute Gasteiger partial charge is 0.392 e. The van der Waals surface area contributed by atoms with E-state index < -0.39 is 0 Å². The first-order valence-electron chi connectivity index (χ1n) is 7.68. The molecule has 0 radical (unpaired) electrons. The molecule has 0 aliphatic rings. The number of para-hydroxylation sites is 1. The van der Waals surface area contributed by atoms with Gasteiger partial charge < -0.3 is 15.0 Å². The number of hydrogen-bond acceptors (Lipinski definition) is 2. The number of fused-ring (bicyclic) bond motifs is 1. The fourth-order valence-corrected chi connectivity index (χ4v) is 2.87. The minimum Gasteiger partial charge on any atom is -0.392 e. The molecule has 2 aromatic carbocycles. The molecule has 1 aromatic heterocycles. The van der Waals surface area contributed by atoms with Crippen LogP contribution in [0.15, 0.2) is 54.7 Å². The van der Waals surface area contributed by atoms with Gasteiger partial charge in [-0.15, -0.1) is 0 Å². The molecule has 0 aliphatic carbocycles. The molecule has 0 spiro atoms. The van der Waals surface area contributed by atoms with Gasteiger partial charge >= 0.3 is 0 Å². The molecule has 2 N–H and O–H groups in total. The maximum Gasteiger partial charge on any atom is 0.0681 e. The summed E-state index contributed by atoms with van der Waals surface area (Å²) in [5.74, 6) is 0. The zero-order chi connectivity index (χ0) is 15.4. The van der Waals surface area contributed by atoms with Gasteiger partial charge in [0.15, 0.2) is 0 Å². The second-order valence-corrected chi connectivity index (χ2v) is 5.83. The third kappa shape index (κ3) is 3.38. The summed E-state index contributed by atoms with van der Waals surface area (Å²) in [6, 6.07) is 16.6. The molecule has 3 heteroatoms. The average molecular weight is 294 g/mol. The molecule has 0 atom stereocenters. The summed E-state index contributed by atoms with van der Waals surface area (Å²) >= 11 is 0. The highest BCUT2D eigenvalue weighted by Crippen LogP contribution is 2.18. The Morgan fingerprint density at radius 1 is 1.05 bits per heavy atom. The number of nitrogens with zero attached hydrogens (tertiary/aromatic N) is 1. The molecule has 0 fully saturated rings. The van der Waals surface area contributed by atoms with Gasteiger partial charge in [0.05, 0.1) is 6.61 Å². The second-order valence-electron chi connectivity index (χ2n) is 5.83. The Labute approximate surface area is 131 Å². The Kier molecular flexibility index (Phi) is 4.56. The topological polar surface area (TPSA) is 39.3 Å². The molecule has 114 valence electrons. The molecule has 0 bridgehead atoms. The van der Waals surface area contributed by atoms with Crippen LogP contribution < -0.4 is 0 Å². The summed E-state index contributed by atoms with van der Waals surface area (Å²) in [6.45, 7) is 2.01. The van der Waals surface area contributed by atoms with E-state index in [1.807, 2.05) is 12.1 Å².